The van der Waals surface area contributed by atoms with Crippen LogP contribution in [0.2, 0.25) is 0 Å². The minimum atomic E-state index is 0.489. The molecule has 1 aromatic carbocycles. The van der Waals surface area contributed by atoms with Crippen LogP contribution in [-0.2, 0) is 13.1 Å². The molecule has 0 amide bonds. The van der Waals surface area contributed by atoms with Crippen LogP contribution in [0.4, 0.5) is 5.69 Å². The van der Waals surface area contributed by atoms with Crippen LogP contribution in [0.5, 0.6) is 0 Å². The molecule has 0 spiro atoms. The molecule has 0 fully saturated rings. The summed E-state index contributed by atoms with van der Waals surface area (Å²) in [5.41, 5.74) is 9.50. The molecule has 0 aliphatic carbocycles. The number of thiophene rings is 1. The van der Waals surface area contributed by atoms with Gasteiger partial charge in [-0.15, -0.1) is 11.3 Å². The fourth-order valence-corrected chi connectivity index (χ4v) is 3.24. The average molecular weight is 244 g/mol. The summed E-state index contributed by atoms with van der Waals surface area (Å²) in [6.07, 6.45) is 0. The van der Waals surface area contributed by atoms with Gasteiger partial charge in [-0.1, -0.05) is 12.1 Å². The van der Waals surface area contributed by atoms with Crippen molar-refractivity contribution < 1.29 is 0 Å². The minimum Gasteiger partial charge on any atom is -0.399 e. The molecule has 1 unspecified atom stereocenters. The highest BCUT2D eigenvalue weighted by Crippen LogP contribution is 2.33. The second kappa shape index (κ2) is 4.17. The molecule has 0 bridgehead atoms. The number of rotatable bonds is 2. The molecule has 2 aromatic rings. The molecule has 3 heteroatoms. The predicted molar refractivity (Wildman–Crippen MR) is 72.8 cm³/mol. The van der Waals surface area contributed by atoms with Crippen LogP contribution in [0.1, 0.15) is 29.0 Å². The Kier molecular flexibility index (Phi) is 2.65. The van der Waals surface area contributed by atoms with E-state index in [1.165, 1.54) is 16.0 Å². The molecule has 1 aliphatic rings. The van der Waals surface area contributed by atoms with Crippen LogP contribution < -0.4 is 5.73 Å². The number of benzene rings is 1. The number of nitrogens with zero attached hydrogens (tertiary/aromatic N) is 1. The lowest BCUT2D eigenvalue weighted by Gasteiger charge is -2.22. The molecule has 0 saturated heterocycles. The van der Waals surface area contributed by atoms with Crippen molar-refractivity contribution in [3.05, 3.63) is 51.7 Å². The molecule has 0 radical (unpaired) electrons. The Balaban J connectivity index is 1.82. The molecular formula is C14H16N2S. The molecule has 1 aliphatic heterocycles. The maximum atomic E-state index is 5.83. The monoisotopic (exact) mass is 244 g/mol. The lowest BCUT2D eigenvalue weighted by Crippen LogP contribution is -2.19. The van der Waals surface area contributed by atoms with Crippen LogP contribution >= 0.6 is 11.3 Å². The maximum absolute atomic E-state index is 5.83. The lowest BCUT2D eigenvalue weighted by atomic mass is 10.1. The van der Waals surface area contributed by atoms with Gasteiger partial charge in [0.05, 0.1) is 0 Å². The Bertz CT molecular complexity index is 519. The fraction of sp³-hybridized carbons (Fsp3) is 0.286. The lowest BCUT2D eigenvalue weighted by molar-refractivity contribution is 0.218. The summed E-state index contributed by atoms with van der Waals surface area (Å²) >= 11 is 1.83. The quantitative estimate of drug-likeness (QED) is 0.820. The minimum absolute atomic E-state index is 0.489. The number of fused-ring (bicyclic) bond motifs is 1. The summed E-state index contributed by atoms with van der Waals surface area (Å²) in [6.45, 7) is 4.33. The van der Waals surface area contributed by atoms with Crippen molar-refractivity contribution in [1.82, 2.24) is 4.90 Å². The van der Waals surface area contributed by atoms with Crippen molar-refractivity contribution in [2.45, 2.75) is 26.1 Å². The van der Waals surface area contributed by atoms with Crippen LogP contribution in [0.3, 0.4) is 0 Å². The number of nitrogens with two attached hydrogens (primary N) is 1. The summed E-state index contributed by atoms with van der Waals surface area (Å²) in [5.74, 6) is 0. The molecule has 1 atom stereocenters. The molecule has 88 valence electrons. The number of hydrogen-bond acceptors (Lipinski definition) is 3. The number of nitrogen functional groups attached to an aromatic ring is 1. The molecular weight excluding hydrogens is 228 g/mol. The third kappa shape index (κ3) is 1.96. The first kappa shape index (κ1) is 10.8. The van der Waals surface area contributed by atoms with E-state index in [0.717, 1.165) is 18.8 Å². The van der Waals surface area contributed by atoms with E-state index >= 15 is 0 Å². The maximum Gasteiger partial charge on any atom is 0.0420 e. The molecule has 1 aromatic heterocycles. The molecule has 2 N–H and O–H groups in total. The molecule has 3 rings (SSSR count). The van der Waals surface area contributed by atoms with Crippen LogP contribution in [0.25, 0.3) is 0 Å². The molecule has 2 heterocycles. The molecule has 2 nitrogen and oxygen atoms in total. The Morgan fingerprint density at radius 3 is 2.82 bits per heavy atom. The van der Waals surface area contributed by atoms with Gasteiger partial charge in [-0.25, -0.2) is 0 Å². The van der Waals surface area contributed by atoms with Gasteiger partial charge in [0.15, 0.2) is 0 Å². The summed E-state index contributed by atoms with van der Waals surface area (Å²) in [5, 5.41) is 2.15. The van der Waals surface area contributed by atoms with Crippen LogP contribution in [0.15, 0.2) is 35.7 Å². The zero-order valence-electron chi connectivity index (χ0n) is 9.89. The van der Waals surface area contributed by atoms with E-state index in [-0.39, 0.29) is 0 Å². The van der Waals surface area contributed by atoms with E-state index < -0.39 is 0 Å². The third-order valence-corrected chi connectivity index (χ3v) is 4.52. The smallest absolute Gasteiger partial charge is 0.0420 e. The van der Waals surface area contributed by atoms with E-state index in [2.05, 4.69) is 41.5 Å². The first-order valence-electron chi connectivity index (χ1n) is 5.89. The normalized spacial score (nSPS) is 17.0. The summed E-state index contributed by atoms with van der Waals surface area (Å²) in [4.78, 5) is 3.93. The highest BCUT2D eigenvalue weighted by atomic mass is 32.1. The van der Waals surface area contributed by atoms with Gasteiger partial charge < -0.3 is 5.73 Å². The average Bonchev–Trinajstić information content (AvgIpc) is 2.96. The third-order valence-electron chi connectivity index (χ3n) is 3.48. The largest absolute Gasteiger partial charge is 0.399 e. The van der Waals surface area contributed by atoms with Gasteiger partial charge in [0.1, 0.15) is 0 Å². The van der Waals surface area contributed by atoms with Gasteiger partial charge in [-0.05, 0) is 41.6 Å². The van der Waals surface area contributed by atoms with E-state index in [1.807, 2.05) is 17.4 Å². The number of anilines is 1. The van der Waals surface area contributed by atoms with Crippen molar-refractivity contribution in [1.29, 1.82) is 0 Å². The first-order chi connectivity index (χ1) is 8.24. The van der Waals surface area contributed by atoms with Crippen molar-refractivity contribution in [2.24, 2.45) is 0 Å². The molecule has 17 heavy (non-hydrogen) atoms. The summed E-state index contributed by atoms with van der Waals surface area (Å²) in [6, 6.07) is 11.1. The highest BCUT2D eigenvalue weighted by molar-refractivity contribution is 7.10. The van der Waals surface area contributed by atoms with Crippen molar-refractivity contribution in [2.75, 3.05) is 5.73 Å². The van der Waals surface area contributed by atoms with Gasteiger partial charge in [0, 0.05) is 29.7 Å². The second-order valence-corrected chi connectivity index (χ2v) is 5.60. The highest BCUT2D eigenvalue weighted by Gasteiger charge is 2.24. The summed E-state index contributed by atoms with van der Waals surface area (Å²) < 4.78 is 0. The van der Waals surface area contributed by atoms with E-state index in [4.69, 9.17) is 5.73 Å². The number of hydrogen-bond donors (Lipinski definition) is 1. The van der Waals surface area contributed by atoms with Crippen molar-refractivity contribution in [3.8, 4) is 0 Å². The Labute approximate surface area is 106 Å². The predicted octanol–water partition coefficient (Wildman–Crippen LogP) is 3.41. The standard InChI is InChI=1S/C14H16N2S/c1-10(14-3-2-6-17-14)16-8-11-4-5-13(15)7-12(11)9-16/h2-7,10H,8-9,15H2,1H3. The summed E-state index contributed by atoms with van der Waals surface area (Å²) in [7, 11) is 0. The SMILES string of the molecule is CC(c1cccs1)N1Cc2ccc(N)cc2C1. The van der Waals surface area contributed by atoms with Gasteiger partial charge in [0.2, 0.25) is 0 Å². The Morgan fingerprint density at radius 1 is 1.24 bits per heavy atom. The molecule has 0 saturated carbocycles. The zero-order chi connectivity index (χ0) is 11.8. The van der Waals surface area contributed by atoms with Crippen molar-refractivity contribution >= 4 is 17.0 Å². The van der Waals surface area contributed by atoms with E-state index in [1.54, 1.807) is 0 Å². The van der Waals surface area contributed by atoms with Gasteiger partial charge in [0.25, 0.3) is 0 Å². The van der Waals surface area contributed by atoms with Gasteiger partial charge in [-0.3, -0.25) is 4.90 Å². The van der Waals surface area contributed by atoms with Crippen molar-refractivity contribution in [3.63, 3.8) is 0 Å². The van der Waals surface area contributed by atoms with E-state index in [9.17, 15) is 0 Å². The second-order valence-electron chi connectivity index (χ2n) is 4.62. The van der Waals surface area contributed by atoms with E-state index in [0.29, 0.717) is 6.04 Å². The van der Waals surface area contributed by atoms with Crippen LogP contribution in [0, 0.1) is 0 Å². The van der Waals surface area contributed by atoms with Crippen LogP contribution in [-0.4, -0.2) is 4.90 Å². The Hall–Kier alpha value is -1.32. The fourth-order valence-electron chi connectivity index (χ4n) is 2.42. The topological polar surface area (TPSA) is 29.3 Å². The van der Waals surface area contributed by atoms with Gasteiger partial charge >= 0.3 is 0 Å². The Morgan fingerprint density at radius 2 is 2.06 bits per heavy atom. The first-order valence-corrected chi connectivity index (χ1v) is 6.77. The van der Waals surface area contributed by atoms with Gasteiger partial charge in [-0.2, -0.15) is 0 Å². The zero-order valence-corrected chi connectivity index (χ0v) is 10.7.